The Hall–Kier alpha value is -6.92. The lowest BCUT2D eigenvalue weighted by atomic mass is 10.0. The van der Waals surface area contributed by atoms with Crippen molar-refractivity contribution in [2.24, 2.45) is 0 Å². The van der Waals surface area contributed by atoms with E-state index >= 15 is 0 Å². The molecule has 0 saturated heterocycles. The third-order valence-corrected chi connectivity index (χ3v) is 9.43. The van der Waals surface area contributed by atoms with E-state index in [2.05, 4.69) is 106 Å². The molecule has 6 aromatic carbocycles. The first kappa shape index (κ1) is 28.1. The smallest absolute Gasteiger partial charge is 0.238 e. The zero-order valence-electron chi connectivity index (χ0n) is 26.8. The summed E-state index contributed by atoms with van der Waals surface area (Å²) in [6.45, 7) is 0. The van der Waals surface area contributed by atoms with Crippen LogP contribution in [0.25, 0.3) is 89.3 Å². The SMILES string of the molecule is c1ccc(-c2nc(-c3ccccc3)nc(-n3c4ccccc4c4cc(-c5ccc6c7ncccc7n(-c7ccccc7)c6c5)ccc43)n2)cc1. The van der Waals surface area contributed by atoms with Gasteiger partial charge in [0.1, 0.15) is 0 Å². The molecule has 0 saturated carbocycles. The molecule has 0 amide bonds. The van der Waals surface area contributed by atoms with Gasteiger partial charge in [-0.2, -0.15) is 9.97 Å². The Morgan fingerprint density at radius 2 is 0.960 bits per heavy atom. The minimum absolute atomic E-state index is 0.581. The predicted octanol–water partition coefficient (Wildman–Crippen LogP) is 10.5. The summed E-state index contributed by atoms with van der Waals surface area (Å²) in [5.41, 5.74) is 10.5. The Labute approximate surface area is 287 Å². The van der Waals surface area contributed by atoms with E-state index in [1.165, 1.54) is 0 Å². The number of pyridine rings is 1. The van der Waals surface area contributed by atoms with Gasteiger partial charge in [0.05, 0.1) is 27.6 Å². The van der Waals surface area contributed by atoms with Crippen molar-refractivity contribution in [2.45, 2.75) is 0 Å². The minimum atomic E-state index is 0.581. The molecule has 0 atom stereocenters. The predicted molar refractivity (Wildman–Crippen MR) is 203 cm³/mol. The summed E-state index contributed by atoms with van der Waals surface area (Å²) < 4.78 is 4.47. The molecule has 0 radical (unpaired) electrons. The highest BCUT2D eigenvalue weighted by molar-refractivity contribution is 6.11. The second-order valence-electron chi connectivity index (χ2n) is 12.4. The Bertz CT molecular complexity index is 2800. The summed E-state index contributed by atoms with van der Waals surface area (Å²) in [5, 5.41) is 3.39. The molecule has 234 valence electrons. The quantitative estimate of drug-likeness (QED) is 0.188. The zero-order valence-corrected chi connectivity index (χ0v) is 26.8. The highest BCUT2D eigenvalue weighted by Gasteiger charge is 2.19. The molecule has 0 bridgehead atoms. The van der Waals surface area contributed by atoms with Crippen LogP contribution in [-0.2, 0) is 0 Å². The summed E-state index contributed by atoms with van der Waals surface area (Å²) in [6.07, 6.45) is 1.87. The van der Waals surface area contributed by atoms with E-state index in [4.69, 9.17) is 19.9 Å². The molecule has 0 fully saturated rings. The third kappa shape index (κ3) is 4.50. The molecule has 0 aliphatic carbocycles. The van der Waals surface area contributed by atoms with E-state index in [9.17, 15) is 0 Å². The molecular weight excluding hydrogens is 613 g/mol. The van der Waals surface area contributed by atoms with Gasteiger partial charge in [0.2, 0.25) is 5.95 Å². The Morgan fingerprint density at radius 3 is 1.70 bits per heavy atom. The molecule has 6 heteroatoms. The number of para-hydroxylation sites is 2. The van der Waals surface area contributed by atoms with Crippen LogP contribution in [0.15, 0.2) is 170 Å². The Balaban J connectivity index is 1.18. The van der Waals surface area contributed by atoms with Crippen molar-refractivity contribution in [3.8, 4) is 45.5 Å². The van der Waals surface area contributed by atoms with Crippen molar-refractivity contribution in [3.63, 3.8) is 0 Å². The van der Waals surface area contributed by atoms with Crippen molar-refractivity contribution in [1.82, 2.24) is 29.1 Å². The summed E-state index contributed by atoms with van der Waals surface area (Å²) in [4.78, 5) is 19.9. The van der Waals surface area contributed by atoms with Crippen molar-refractivity contribution in [3.05, 3.63) is 170 Å². The minimum Gasteiger partial charge on any atom is -0.308 e. The normalized spacial score (nSPS) is 11.6. The first-order valence-corrected chi connectivity index (χ1v) is 16.7. The molecule has 0 N–H and O–H groups in total. The summed E-state index contributed by atoms with van der Waals surface area (Å²) in [6, 6.07) is 56.7. The van der Waals surface area contributed by atoms with Crippen LogP contribution < -0.4 is 0 Å². The second-order valence-corrected chi connectivity index (χ2v) is 12.4. The van der Waals surface area contributed by atoms with Crippen molar-refractivity contribution in [2.75, 3.05) is 0 Å². The zero-order chi connectivity index (χ0) is 33.0. The highest BCUT2D eigenvalue weighted by Crippen LogP contribution is 2.37. The lowest BCUT2D eigenvalue weighted by Gasteiger charge is -2.11. The molecule has 10 aromatic rings. The fourth-order valence-corrected chi connectivity index (χ4v) is 7.13. The van der Waals surface area contributed by atoms with Gasteiger partial charge in [0, 0.05) is 39.2 Å². The van der Waals surface area contributed by atoms with E-state index in [1.807, 2.05) is 72.9 Å². The molecule has 0 unspecified atom stereocenters. The lowest BCUT2D eigenvalue weighted by Crippen LogP contribution is -2.06. The van der Waals surface area contributed by atoms with Gasteiger partial charge in [0.25, 0.3) is 0 Å². The Morgan fingerprint density at radius 1 is 0.360 bits per heavy atom. The largest absolute Gasteiger partial charge is 0.308 e. The summed E-state index contributed by atoms with van der Waals surface area (Å²) >= 11 is 0. The standard InChI is InChI=1S/C44H28N6/c1-4-13-29(14-5-1)42-46-43(30-15-6-2-7-16-30)48-44(47-42)50-37-20-11-10-19-34(37)36-27-31(23-25-38(36)50)32-22-24-35-40(28-32)49(33-17-8-3-9-18-33)39-21-12-26-45-41(35)39/h1-28H. The van der Waals surface area contributed by atoms with Gasteiger partial charge in [-0.05, 0) is 65.7 Å². The van der Waals surface area contributed by atoms with E-state index in [1.54, 1.807) is 0 Å². The lowest BCUT2D eigenvalue weighted by molar-refractivity contribution is 0.953. The molecule has 4 heterocycles. The molecule has 0 aliphatic heterocycles. The fourth-order valence-electron chi connectivity index (χ4n) is 7.13. The number of hydrogen-bond acceptors (Lipinski definition) is 4. The van der Waals surface area contributed by atoms with Crippen molar-refractivity contribution >= 4 is 43.7 Å². The van der Waals surface area contributed by atoms with Crippen molar-refractivity contribution in [1.29, 1.82) is 0 Å². The second kappa shape index (κ2) is 11.4. The van der Waals surface area contributed by atoms with E-state index in [-0.39, 0.29) is 0 Å². The molecular formula is C44H28N6. The van der Waals surface area contributed by atoms with Crippen LogP contribution in [0.4, 0.5) is 0 Å². The maximum absolute atomic E-state index is 5.08. The highest BCUT2D eigenvalue weighted by atomic mass is 15.2. The first-order valence-electron chi connectivity index (χ1n) is 16.7. The number of aromatic nitrogens is 6. The number of hydrogen-bond donors (Lipinski definition) is 0. The van der Waals surface area contributed by atoms with Crippen LogP contribution in [0, 0.1) is 0 Å². The fraction of sp³-hybridized carbons (Fsp3) is 0. The van der Waals surface area contributed by atoms with Gasteiger partial charge in [-0.25, -0.2) is 4.98 Å². The van der Waals surface area contributed by atoms with E-state index in [0.717, 1.165) is 71.7 Å². The van der Waals surface area contributed by atoms with Gasteiger partial charge in [0.15, 0.2) is 11.6 Å². The molecule has 0 spiro atoms. The van der Waals surface area contributed by atoms with Crippen LogP contribution in [-0.4, -0.2) is 29.1 Å². The molecule has 6 nitrogen and oxygen atoms in total. The third-order valence-electron chi connectivity index (χ3n) is 9.43. The number of rotatable bonds is 5. The number of nitrogens with zero attached hydrogens (tertiary/aromatic N) is 6. The van der Waals surface area contributed by atoms with Gasteiger partial charge >= 0.3 is 0 Å². The molecule has 10 rings (SSSR count). The first-order chi connectivity index (χ1) is 24.8. The van der Waals surface area contributed by atoms with E-state index < -0.39 is 0 Å². The molecule has 0 aliphatic rings. The average Bonchev–Trinajstić information content (AvgIpc) is 3.71. The van der Waals surface area contributed by atoms with Crippen LogP contribution >= 0.6 is 0 Å². The van der Waals surface area contributed by atoms with Crippen LogP contribution in [0.3, 0.4) is 0 Å². The molecule has 4 aromatic heterocycles. The monoisotopic (exact) mass is 640 g/mol. The van der Waals surface area contributed by atoms with Gasteiger partial charge in [-0.3, -0.25) is 9.55 Å². The van der Waals surface area contributed by atoms with Crippen molar-refractivity contribution < 1.29 is 0 Å². The molecule has 50 heavy (non-hydrogen) atoms. The van der Waals surface area contributed by atoms with Gasteiger partial charge < -0.3 is 4.57 Å². The summed E-state index contributed by atoms with van der Waals surface area (Å²) in [7, 11) is 0. The van der Waals surface area contributed by atoms with Gasteiger partial charge in [-0.15, -0.1) is 0 Å². The Kier molecular flexibility index (Phi) is 6.39. The average molecular weight is 641 g/mol. The van der Waals surface area contributed by atoms with Crippen LogP contribution in [0.2, 0.25) is 0 Å². The van der Waals surface area contributed by atoms with Crippen LogP contribution in [0.1, 0.15) is 0 Å². The summed E-state index contributed by atoms with van der Waals surface area (Å²) in [5.74, 6) is 1.85. The number of fused-ring (bicyclic) bond motifs is 6. The maximum Gasteiger partial charge on any atom is 0.238 e. The number of benzene rings is 6. The van der Waals surface area contributed by atoms with Crippen LogP contribution in [0.5, 0.6) is 0 Å². The maximum atomic E-state index is 5.08. The van der Waals surface area contributed by atoms with E-state index in [0.29, 0.717) is 17.6 Å². The van der Waals surface area contributed by atoms with Gasteiger partial charge in [-0.1, -0.05) is 109 Å². The topological polar surface area (TPSA) is 61.4 Å².